The van der Waals surface area contributed by atoms with Crippen LogP contribution in [0.15, 0.2) is 24.3 Å². The van der Waals surface area contributed by atoms with Gasteiger partial charge in [0, 0.05) is 0 Å². The molecule has 0 aliphatic heterocycles. The first-order valence-corrected chi connectivity index (χ1v) is 8.04. The summed E-state index contributed by atoms with van der Waals surface area (Å²) in [6.45, 7) is 4.92. The van der Waals surface area contributed by atoms with Crippen LogP contribution < -0.4 is 21.1 Å². The number of ether oxygens (including phenoxy) is 2. The van der Waals surface area contributed by atoms with Crippen LogP contribution in [0.1, 0.15) is 31.1 Å². The summed E-state index contributed by atoms with van der Waals surface area (Å²) in [5.41, 5.74) is 5.07. The monoisotopic (exact) mass is 365 g/mol. The molecular weight excluding hydrogens is 342 g/mol. The number of carbonyl (C=O) groups is 4. The highest BCUT2D eigenvalue weighted by molar-refractivity contribution is 5.99. The van der Waals surface area contributed by atoms with Crippen molar-refractivity contribution in [1.82, 2.24) is 10.6 Å². The summed E-state index contributed by atoms with van der Waals surface area (Å²) in [5.74, 6) is -2.08. The second kappa shape index (κ2) is 10.0. The van der Waals surface area contributed by atoms with Crippen LogP contribution in [0, 0.1) is 5.92 Å². The Balaban J connectivity index is 2.78. The van der Waals surface area contributed by atoms with Gasteiger partial charge >= 0.3 is 12.0 Å². The predicted octanol–water partition coefficient (Wildman–Crippen LogP) is 0.578. The fraction of sp³-hybridized carbons (Fsp3) is 0.412. The van der Waals surface area contributed by atoms with Gasteiger partial charge in [-0.25, -0.2) is 9.59 Å². The Morgan fingerprint density at radius 1 is 1.15 bits per heavy atom. The highest BCUT2D eigenvalue weighted by Gasteiger charge is 2.27. The third-order valence-corrected chi connectivity index (χ3v) is 3.25. The van der Waals surface area contributed by atoms with Gasteiger partial charge in [-0.15, -0.1) is 0 Å². The van der Waals surface area contributed by atoms with Gasteiger partial charge in [0.05, 0.1) is 12.2 Å². The van der Waals surface area contributed by atoms with Crippen molar-refractivity contribution < 1.29 is 28.7 Å². The number of para-hydroxylation sites is 1. The van der Waals surface area contributed by atoms with Gasteiger partial charge in [-0.1, -0.05) is 26.0 Å². The van der Waals surface area contributed by atoms with Gasteiger partial charge in [0.25, 0.3) is 11.8 Å². The van der Waals surface area contributed by atoms with E-state index in [1.165, 1.54) is 0 Å². The van der Waals surface area contributed by atoms with E-state index < -0.39 is 36.5 Å². The van der Waals surface area contributed by atoms with Crippen molar-refractivity contribution in [3.05, 3.63) is 29.8 Å². The standard InChI is InChI=1S/C17H23N3O6/c1-4-25-12-8-6-5-7-11(12)15(22)20-14(10(2)3)16(23)26-9-13(21)19-17(18)24/h5-8,10,14H,4,9H2,1-3H3,(H,20,22)(H3,18,19,21,24). The first-order valence-electron chi connectivity index (χ1n) is 8.04. The van der Waals surface area contributed by atoms with Crippen LogP contribution in [0.25, 0.3) is 0 Å². The van der Waals surface area contributed by atoms with Crippen LogP contribution in [-0.2, 0) is 14.3 Å². The maximum Gasteiger partial charge on any atom is 0.329 e. The lowest BCUT2D eigenvalue weighted by molar-refractivity contribution is -0.151. The van der Waals surface area contributed by atoms with Crippen molar-refractivity contribution in [2.24, 2.45) is 11.7 Å². The summed E-state index contributed by atoms with van der Waals surface area (Å²) >= 11 is 0. The Morgan fingerprint density at radius 3 is 2.38 bits per heavy atom. The molecule has 0 heterocycles. The third-order valence-electron chi connectivity index (χ3n) is 3.25. The van der Waals surface area contributed by atoms with Crippen molar-refractivity contribution in [3.63, 3.8) is 0 Å². The number of nitrogens with two attached hydrogens (primary N) is 1. The van der Waals surface area contributed by atoms with E-state index in [1.54, 1.807) is 50.4 Å². The lowest BCUT2D eigenvalue weighted by atomic mass is 10.0. The minimum absolute atomic E-state index is 0.277. The molecule has 4 N–H and O–H groups in total. The molecule has 0 radical (unpaired) electrons. The maximum atomic E-state index is 12.5. The Morgan fingerprint density at radius 2 is 1.81 bits per heavy atom. The van der Waals surface area contributed by atoms with Gasteiger partial charge in [-0.05, 0) is 25.0 Å². The average molecular weight is 365 g/mol. The number of carbonyl (C=O) groups excluding carboxylic acids is 4. The quantitative estimate of drug-likeness (QED) is 0.576. The number of amides is 4. The molecule has 0 saturated heterocycles. The number of hydrogen-bond acceptors (Lipinski definition) is 6. The van der Waals surface area contributed by atoms with E-state index in [-0.39, 0.29) is 11.5 Å². The van der Waals surface area contributed by atoms with Crippen molar-refractivity contribution in [3.8, 4) is 5.75 Å². The highest BCUT2D eigenvalue weighted by Crippen LogP contribution is 2.18. The molecule has 142 valence electrons. The minimum atomic E-state index is -1.05. The number of imide groups is 1. The fourth-order valence-corrected chi connectivity index (χ4v) is 2.05. The number of rotatable bonds is 8. The zero-order valence-electron chi connectivity index (χ0n) is 14.9. The number of urea groups is 1. The summed E-state index contributed by atoms with van der Waals surface area (Å²) in [4.78, 5) is 46.6. The SMILES string of the molecule is CCOc1ccccc1C(=O)NC(C(=O)OCC(=O)NC(N)=O)C(C)C. The molecule has 1 aromatic rings. The molecule has 0 aromatic heterocycles. The van der Waals surface area contributed by atoms with Crippen LogP contribution in [0.4, 0.5) is 4.79 Å². The number of esters is 1. The summed E-state index contributed by atoms with van der Waals surface area (Å²) in [7, 11) is 0. The largest absolute Gasteiger partial charge is 0.493 e. The van der Waals surface area contributed by atoms with Crippen LogP contribution in [0.2, 0.25) is 0 Å². The normalized spacial score (nSPS) is 11.4. The van der Waals surface area contributed by atoms with E-state index in [0.29, 0.717) is 12.4 Å². The molecule has 0 spiro atoms. The molecule has 0 bridgehead atoms. The van der Waals surface area contributed by atoms with Gasteiger partial charge in [0.1, 0.15) is 11.8 Å². The van der Waals surface area contributed by atoms with E-state index in [2.05, 4.69) is 5.32 Å². The van der Waals surface area contributed by atoms with E-state index in [9.17, 15) is 19.2 Å². The lowest BCUT2D eigenvalue weighted by Crippen LogP contribution is -2.46. The first kappa shape index (κ1) is 20.9. The molecule has 0 aliphatic rings. The van der Waals surface area contributed by atoms with Gasteiger partial charge < -0.3 is 20.5 Å². The zero-order chi connectivity index (χ0) is 19.7. The second-order valence-corrected chi connectivity index (χ2v) is 5.64. The van der Waals surface area contributed by atoms with Crippen molar-refractivity contribution in [1.29, 1.82) is 0 Å². The third kappa shape index (κ3) is 6.42. The molecule has 0 aliphatic carbocycles. The number of hydrogen-bond donors (Lipinski definition) is 3. The van der Waals surface area contributed by atoms with Crippen molar-refractivity contribution in [2.45, 2.75) is 26.8 Å². The lowest BCUT2D eigenvalue weighted by Gasteiger charge is -2.21. The summed E-state index contributed by atoms with van der Waals surface area (Å²) in [6, 6.07) is 4.59. The number of nitrogens with one attached hydrogen (secondary N) is 2. The minimum Gasteiger partial charge on any atom is -0.493 e. The summed E-state index contributed by atoms with van der Waals surface area (Å²) < 4.78 is 10.2. The van der Waals surface area contributed by atoms with Crippen LogP contribution in [-0.4, -0.2) is 43.1 Å². The number of benzene rings is 1. The smallest absolute Gasteiger partial charge is 0.329 e. The van der Waals surface area contributed by atoms with E-state index >= 15 is 0 Å². The fourth-order valence-electron chi connectivity index (χ4n) is 2.05. The molecular formula is C17H23N3O6. The maximum absolute atomic E-state index is 12.5. The van der Waals surface area contributed by atoms with E-state index in [1.807, 2.05) is 0 Å². The first-order chi connectivity index (χ1) is 12.3. The molecule has 9 nitrogen and oxygen atoms in total. The molecule has 26 heavy (non-hydrogen) atoms. The molecule has 1 aromatic carbocycles. The molecule has 0 saturated carbocycles. The van der Waals surface area contributed by atoms with Gasteiger partial charge in [-0.2, -0.15) is 0 Å². The average Bonchev–Trinajstić information content (AvgIpc) is 2.57. The zero-order valence-corrected chi connectivity index (χ0v) is 14.9. The Bertz CT molecular complexity index is 674. The van der Waals surface area contributed by atoms with E-state index in [0.717, 1.165) is 0 Å². The molecule has 1 unspecified atom stereocenters. The molecule has 1 atom stereocenters. The molecule has 0 fully saturated rings. The van der Waals surface area contributed by atoms with Gasteiger partial charge in [-0.3, -0.25) is 14.9 Å². The Hall–Kier alpha value is -3.10. The van der Waals surface area contributed by atoms with E-state index in [4.69, 9.17) is 15.2 Å². The Kier molecular flexibility index (Phi) is 8.07. The second-order valence-electron chi connectivity index (χ2n) is 5.64. The van der Waals surface area contributed by atoms with Crippen LogP contribution in [0.3, 0.4) is 0 Å². The summed E-state index contributed by atoms with van der Waals surface area (Å²) in [6.07, 6.45) is 0. The van der Waals surface area contributed by atoms with Crippen LogP contribution >= 0.6 is 0 Å². The Labute approximate surface area is 151 Å². The highest BCUT2D eigenvalue weighted by atomic mass is 16.5. The molecule has 9 heteroatoms. The van der Waals surface area contributed by atoms with Gasteiger partial charge in [0.2, 0.25) is 0 Å². The number of primary amides is 1. The predicted molar refractivity (Wildman–Crippen MR) is 92.4 cm³/mol. The topological polar surface area (TPSA) is 137 Å². The summed E-state index contributed by atoms with van der Waals surface area (Å²) in [5, 5.41) is 4.35. The van der Waals surface area contributed by atoms with Crippen molar-refractivity contribution >= 4 is 23.8 Å². The molecule has 1 rings (SSSR count). The van der Waals surface area contributed by atoms with Gasteiger partial charge in [0.15, 0.2) is 6.61 Å². The molecule has 4 amide bonds. The van der Waals surface area contributed by atoms with Crippen molar-refractivity contribution in [2.75, 3.05) is 13.2 Å². The van der Waals surface area contributed by atoms with Crippen LogP contribution in [0.5, 0.6) is 5.75 Å².